The van der Waals surface area contributed by atoms with E-state index in [0.717, 1.165) is 127 Å². The molecular formula is C49H44F3NO3. The molecule has 0 spiro atoms. The number of nitrogens with zero attached hydrogens (tertiary/aromatic N) is 1. The topological polar surface area (TPSA) is 30.9 Å². The van der Waals surface area contributed by atoms with Gasteiger partial charge in [0.1, 0.15) is 17.2 Å². The van der Waals surface area contributed by atoms with Crippen LogP contribution >= 0.6 is 0 Å². The summed E-state index contributed by atoms with van der Waals surface area (Å²) in [5, 5.41) is 2.04. The highest BCUT2D eigenvalue weighted by molar-refractivity contribution is 6.10. The van der Waals surface area contributed by atoms with Crippen molar-refractivity contribution in [1.82, 2.24) is 0 Å². The number of halogens is 3. The number of benzene rings is 6. The minimum atomic E-state index is -4.39. The second kappa shape index (κ2) is 13.2. The molecule has 7 heteroatoms. The van der Waals surface area contributed by atoms with E-state index in [9.17, 15) is 13.2 Å². The van der Waals surface area contributed by atoms with E-state index in [1.807, 2.05) is 18.2 Å². The van der Waals surface area contributed by atoms with Gasteiger partial charge in [0.2, 0.25) is 0 Å². The van der Waals surface area contributed by atoms with Gasteiger partial charge in [0.05, 0.1) is 25.5 Å². The van der Waals surface area contributed by atoms with E-state index in [2.05, 4.69) is 98.5 Å². The van der Waals surface area contributed by atoms with Crippen molar-refractivity contribution < 1.29 is 27.4 Å². The lowest BCUT2D eigenvalue weighted by Crippen LogP contribution is -2.35. The Balaban J connectivity index is 1.30. The molecule has 1 aliphatic carbocycles. The number of piperidine rings is 1. The fraction of sp³-hybridized carbons (Fsp3) is 0.265. The predicted molar refractivity (Wildman–Crippen MR) is 219 cm³/mol. The Bertz CT molecular complexity index is 2510. The third-order valence-electron chi connectivity index (χ3n) is 12.2. The largest absolute Gasteiger partial charge is 0.497 e. The molecule has 9 rings (SSSR count). The predicted octanol–water partition coefficient (Wildman–Crippen LogP) is 12.5. The minimum Gasteiger partial charge on any atom is -0.497 e. The van der Waals surface area contributed by atoms with Crippen molar-refractivity contribution in [3.8, 4) is 39.5 Å². The molecule has 1 fully saturated rings. The van der Waals surface area contributed by atoms with Crippen molar-refractivity contribution in [3.05, 3.63) is 148 Å². The SMILES string of the molecule is COc1ccc(C2(c3ccc(C)cc3)C=Cc3c4c(c5cc(N6CCCCC6)c(OC)cc5c3O2)-c2ccc(-c3ccc(C(F)(F)F)cc3)cc2C4(C)C)cc1. The van der Waals surface area contributed by atoms with E-state index >= 15 is 0 Å². The number of alkyl halides is 3. The Kier molecular flexibility index (Phi) is 8.49. The fourth-order valence-electron chi connectivity index (χ4n) is 9.19. The normalized spacial score (nSPS) is 18.2. The lowest BCUT2D eigenvalue weighted by Gasteiger charge is -2.39. The zero-order chi connectivity index (χ0) is 39.0. The van der Waals surface area contributed by atoms with Crippen LogP contribution in [-0.4, -0.2) is 27.3 Å². The van der Waals surface area contributed by atoms with E-state index in [-0.39, 0.29) is 0 Å². The van der Waals surface area contributed by atoms with Gasteiger partial charge >= 0.3 is 6.18 Å². The van der Waals surface area contributed by atoms with Crippen LogP contribution in [-0.2, 0) is 17.2 Å². The summed E-state index contributed by atoms with van der Waals surface area (Å²) in [6.45, 7) is 8.49. The highest BCUT2D eigenvalue weighted by Gasteiger charge is 2.45. The maximum absolute atomic E-state index is 13.5. The maximum Gasteiger partial charge on any atom is 0.416 e. The lowest BCUT2D eigenvalue weighted by atomic mass is 9.76. The summed E-state index contributed by atoms with van der Waals surface area (Å²) in [7, 11) is 3.41. The van der Waals surface area contributed by atoms with Crippen LogP contribution in [0.25, 0.3) is 39.1 Å². The Morgan fingerprint density at radius 1 is 0.714 bits per heavy atom. The number of methoxy groups -OCH3 is 2. The van der Waals surface area contributed by atoms with Crippen LogP contribution in [0.5, 0.6) is 17.2 Å². The molecule has 284 valence electrons. The third-order valence-corrected chi connectivity index (χ3v) is 12.2. The molecular weight excluding hydrogens is 708 g/mol. The second-order valence-corrected chi connectivity index (χ2v) is 15.8. The standard InChI is InChI=1S/C49H44F3NO3/c1-30-9-14-33(15-10-30)48(34-18-20-36(54-4)21-19-34)24-23-38-45-44(39-28-42(53-25-7-6-8-26-53)43(55-5)29-40(39)46(38)56-48)37-22-13-32(27-41(37)47(45,2)3)31-11-16-35(17-12-31)49(50,51)52/h9-24,27-29H,6-8,25-26H2,1-5H3. The molecule has 6 aromatic carbocycles. The first-order valence-corrected chi connectivity index (χ1v) is 19.3. The van der Waals surface area contributed by atoms with Crippen molar-refractivity contribution in [2.75, 3.05) is 32.2 Å². The van der Waals surface area contributed by atoms with Crippen molar-refractivity contribution in [3.63, 3.8) is 0 Å². The summed E-state index contributed by atoms with van der Waals surface area (Å²) in [6, 6.07) is 32.9. The van der Waals surface area contributed by atoms with Crippen LogP contribution in [0.15, 0.2) is 109 Å². The molecule has 2 aliphatic heterocycles. The number of aryl methyl sites for hydroxylation is 1. The molecule has 3 aliphatic rings. The van der Waals surface area contributed by atoms with E-state index in [1.54, 1.807) is 26.4 Å². The lowest BCUT2D eigenvalue weighted by molar-refractivity contribution is -0.137. The van der Waals surface area contributed by atoms with E-state index in [4.69, 9.17) is 14.2 Å². The first-order valence-electron chi connectivity index (χ1n) is 19.3. The van der Waals surface area contributed by atoms with E-state index in [0.29, 0.717) is 0 Å². The summed E-state index contributed by atoms with van der Waals surface area (Å²) in [4.78, 5) is 2.44. The van der Waals surface area contributed by atoms with Crippen molar-refractivity contribution >= 4 is 22.5 Å². The quantitative estimate of drug-likeness (QED) is 0.170. The molecule has 0 saturated carbocycles. The third kappa shape index (κ3) is 5.65. The zero-order valence-corrected chi connectivity index (χ0v) is 32.3. The van der Waals surface area contributed by atoms with Crippen molar-refractivity contribution in [2.45, 2.75) is 57.2 Å². The van der Waals surface area contributed by atoms with E-state index < -0.39 is 22.8 Å². The zero-order valence-electron chi connectivity index (χ0n) is 32.3. The van der Waals surface area contributed by atoms with Crippen LogP contribution in [0.2, 0.25) is 0 Å². The van der Waals surface area contributed by atoms with Gasteiger partial charge in [-0.25, -0.2) is 0 Å². The van der Waals surface area contributed by atoms with Crippen LogP contribution in [0.3, 0.4) is 0 Å². The molecule has 2 heterocycles. The number of hydrogen-bond donors (Lipinski definition) is 0. The van der Waals surface area contributed by atoms with Crippen LogP contribution in [0, 0.1) is 6.92 Å². The number of rotatable bonds is 6. The van der Waals surface area contributed by atoms with Crippen LogP contribution < -0.4 is 19.1 Å². The van der Waals surface area contributed by atoms with Crippen LogP contribution in [0.4, 0.5) is 18.9 Å². The van der Waals surface area contributed by atoms with Gasteiger partial charge in [-0.05, 0) is 113 Å². The van der Waals surface area contributed by atoms with E-state index in [1.165, 1.54) is 6.42 Å². The summed E-state index contributed by atoms with van der Waals surface area (Å²) in [6.07, 6.45) is 3.49. The van der Waals surface area contributed by atoms with Gasteiger partial charge in [-0.15, -0.1) is 0 Å². The number of ether oxygens (including phenoxy) is 3. The summed E-state index contributed by atoms with van der Waals surface area (Å²) in [5.74, 6) is 2.35. The Morgan fingerprint density at radius 3 is 2.02 bits per heavy atom. The van der Waals surface area contributed by atoms with Gasteiger partial charge < -0.3 is 19.1 Å². The average molecular weight is 752 g/mol. The molecule has 4 nitrogen and oxygen atoms in total. The van der Waals surface area contributed by atoms with Gasteiger partial charge in [-0.3, -0.25) is 0 Å². The molecule has 1 unspecified atom stereocenters. The highest BCUT2D eigenvalue weighted by Crippen LogP contribution is 2.59. The minimum absolute atomic E-state index is 0.478. The smallest absolute Gasteiger partial charge is 0.416 e. The molecule has 1 saturated heterocycles. The molecule has 0 aromatic heterocycles. The molecule has 56 heavy (non-hydrogen) atoms. The van der Waals surface area contributed by atoms with Crippen molar-refractivity contribution in [1.29, 1.82) is 0 Å². The molecule has 0 N–H and O–H groups in total. The van der Waals surface area contributed by atoms with Gasteiger partial charge in [-0.1, -0.05) is 86.2 Å². The van der Waals surface area contributed by atoms with Crippen molar-refractivity contribution in [2.24, 2.45) is 0 Å². The number of fused-ring (bicyclic) bond motifs is 8. The van der Waals surface area contributed by atoms with Gasteiger partial charge in [0.25, 0.3) is 0 Å². The highest BCUT2D eigenvalue weighted by atomic mass is 19.4. The molecule has 0 amide bonds. The Morgan fingerprint density at radius 2 is 1.38 bits per heavy atom. The monoisotopic (exact) mass is 751 g/mol. The van der Waals surface area contributed by atoms with Gasteiger partial charge in [0.15, 0.2) is 5.60 Å². The van der Waals surface area contributed by atoms with Gasteiger partial charge in [-0.2, -0.15) is 13.2 Å². The number of hydrogen-bond acceptors (Lipinski definition) is 4. The second-order valence-electron chi connectivity index (χ2n) is 15.8. The first-order chi connectivity index (χ1) is 26.9. The molecule has 0 radical (unpaired) electrons. The summed E-state index contributed by atoms with van der Waals surface area (Å²) < 4.78 is 59.7. The molecule has 1 atom stereocenters. The van der Waals surface area contributed by atoms with Crippen LogP contribution in [0.1, 0.15) is 72.1 Å². The molecule has 0 bridgehead atoms. The molecule has 6 aromatic rings. The Labute approximate surface area is 326 Å². The number of anilines is 1. The fourth-order valence-corrected chi connectivity index (χ4v) is 9.19. The summed E-state index contributed by atoms with van der Waals surface area (Å²) >= 11 is 0. The summed E-state index contributed by atoms with van der Waals surface area (Å²) in [5.41, 5.74) is 9.29. The first kappa shape index (κ1) is 36.0. The van der Waals surface area contributed by atoms with Gasteiger partial charge in [0, 0.05) is 40.6 Å². The Hall–Kier alpha value is -5.69. The maximum atomic E-state index is 13.5. The average Bonchev–Trinajstić information content (AvgIpc) is 3.46.